The molecule has 0 atom stereocenters. The van der Waals surface area contributed by atoms with Crippen molar-refractivity contribution in [2.24, 2.45) is 0 Å². The van der Waals surface area contributed by atoms with E-state index in [4.69, 9.17) is 11.6 Å². The van der Waals surface area contributed by atoms with Crippen LogP contribution in [0.25, 0.3) is 0 Å². The van der Waals surface area contributed by atoms with Gasteiger partial charge in [0.1, 0.15) is 6.29 Å². The first-order chi connectivity index (χ1) is 7.17. The Labute approximate surface area is 98.5 Å². The Morgan fingerprint density at radius 1 is 1.53 bits per heavy atom. The average Bonchev–Trinajstić information content (AvgIpc) is 2.98. The van der Waals surface area contributed by atoms with Gasteiger partial charge >= 0.3 is 0 Å². The molecule has 1 aromatic carbocycles. The van der Waals surface area contributed by atoms with Crippen LogP contribution >= 0.6 is 23.5 Å². The Morgan fingerprint density at radius 3 is 2.80 bits per heavy atom. The number of benzene rings is 1. The van der Waals surface area contributed by atoms with Crippen molar-refractivity contribution in [3.63, 3.8) is 0 Å². The van der Waals surface area contributed by atoms with Crippen LogP contribution in [0.2, 0.25) is 5.02 Å². The van der Waals surface area contributed by atoms with Crippen molar-refractivity contribution in [2.75, 3.05) is 0 Å². The fourth-order valence-electron chi connectivity index (χ4n) is 1.28. The number of carbonyl (C=O) groups is 1. The van der Waals surface area contributed by atoms with Crippen LogP contribution in [-0.2, 0) is 4.79 Å². The molecule has 1 fully saturated rings. The zero-order chi connectivity index (χ0) is 10.9. The normalized spacial score (nSPS) is 17.5. The first kappa shape index (κ1) is 11.0. The van der Waals surface area contributed by atoms with Crippen LogP contribution in [0.5, 0.6) is 0 Å². The molecule has 0 spiro atoms. The van der Waals surface area contributed by atoms with Gasteiger partial charge in [0.25, 0.3) is 0 Å². The molecule has 1 aliphatic rings. The number of aldehydes is 1. The van der Waals surface area contributed by atoms with Crippen LogP contribution < -0.4 is 4.72 Å². The Hall–Kier alpha value is -0.510. The lowest BCUT2D eigenvalue weighted by Gasteiger charge is -2.11. The Balaban J connectivity index is 2.08. The molecule has 15 heavy (non-hydrogen) atoms. The van der Waals surface area contributed by atoms with Crippen LogP contribution in [-0.4, -0.2) is 11.8 Å². The van der Waals surface area contributed by atoms with E-state index in [0.717, 1.165) is 34.6 Å². The van der Waals surface area contributed by atoms with Crippen molar-refractivity contribution in [2.45, 2.75) is 30.2 Å². The summed E-state index contributed by atoms with van der Waals surface area (Å²) in [6, 6.07) is 5.80. The lowest BCUT2D eigenvalue weighted by atomic mass is 10.2. The second kappa shape index (κ2) is 4.16. The maximum Gasteiger partial charge on any atom is 0.140 e. The van der Waals surface area contributed by atoms with Crippen LogP contribution in [0, 0.1) is 6.92 Å². The standard InChI is InChI=1S/C11H12ClNOS/c1-8-3-2-4-9(12)10(8)15-13-11(7-14)5-6-11/h2-4,7,13H,5-6H2,1H3. The summed E-state index contributed by atoms with van der Waals surface area (Å²) in [4.78, 5) is 11.8. The highest BCUT2D eigenvalue weighted by Gasteiger charge is 2.42. The van der Waals surface area contributed by atoms with Crippen molar-refractivity contribution in [3.05, 3.63) is 28.8 Å². The number of nitrogens with one attached hydrogen (secondary N) is 1. The second-order valence-electron chi connectivity index (χ2n) is 3.86. The minimum absolute atomic E-state index is 0.295. The van der Waals surface area contributed by atoms with Crippen LogP contribution in [0.3, 0.4) is 0 Å². The molecule has 0 saturated heterocycles. The highest BCUT2D eigenvalue weighted by atomic mass is 35.5. The summed E-state index contributed by atoms with van der Waals surface area (Å²) >= 11 is 7.53. The minimum atomic E-state index is -0.295. The molecule has 2 rings (SSSR count). The minimum Gasteiger partial charge on any atom is -0.301 e. The van der Waals surface area contributed by atoms with Gasteiger partial charge in [-0.1, -0.05) is 23.7 Å². The summed E-state index contributed by atoms with van der Waals surface area (Å²) in [5.74, 6) is 0. The predicted molar refractivity (Wildman–Crippen MR) is 63.2 cm³/mol. The molecular weight excluding hydrogens is 230 g/mol. The summed E-state index contributed by atoms with van der Waals surface area (Å²) < 4.78 is 3.18. The topological polar surface area (TPSA) is 29.1 Å². The molecule has 0 heterocycles. The summed E-state index contributed by atoms with van der Waals surface area (Å²) in [7, 11) is 0. The summed E-state index contributed by atoms with van der Waals surface area (Å²) in [6.45, 7) is 2.01. The van der Waals surface area contributed by atoms with Crippen molar-refractivity contribution in [1.82, 2.24) is 4.72 Å². The van der Waals surface area contributed by atoms with Gasteiger partial charge in [0, 0.05) is 4.90 Å². The largest absolute Gasteiger partial charge is 0.301 e. The monoisotopic (exact) mass is 241 g/mol. The van der Waals surface area contributed by atoms with Gasteiger partial charge in [0.05, 0.1) is 10.6 Å². The molecular formula is C11H12ClNOS. The molecule has 1 aliphatic carbocycles. The number of aryl methyl sites for hydroxylation is 1. The van der Waals surface area contributed by atoms with Crippen LogP contribution in [0.4, 0.5) is 0 Å². The maximum atomic E-state index is 10.8. The highest BCUT2D eigenvalue weighted by Crippen LogP contribution is 2.38. The van der Waals surface area contributed by atoms with Gasteiger partial charge < -0.3 is 4.79 Å². The quantitative estimate of drug-likeness (QED) is 0.649. The smallest absolute Gasteiger partial charge is 0.140 e. The fourth-order valence-corrected chi connectivity index (χ4v) is 2.57. The highest BCUT2D eigenvalue weighted by molar-refractivity contribution is 7.97. The van der Waals surface area contributed by atoms with Gasteiger partial charge in [-0.2, -0.15) is 0 Å². The fraction of sp³-hybridized carbons (Fsp3) is 0.364. The molecule has 0 bridgehead atoms. The number of hydrogen-bond donors (Lipinski definition) is 1. The molecule has 0 unspecified atom stereocenters. The predicted octanol–water partition coefficient (Wildman–Crippen LogP) is 2.98. The van der Waals surface area contributed by atoms with E-state index in [0.29, 0.717) is 0 Å². The third kappa shape index (κ3) is 2.36. The lowest BCUT2D eigenvalue weighted by Crippen LogP contribution is -2.26. The summed E-state index contributed by atoms with van der Waals surface area (Å²) in [6.07, 6.45) is 2.84. The molecule has 80 valence electrons. The first-order valence-electron chi connectivity index (χ1n) is 4.82. The molecule has 0 aromatic heterocycles. The van der Waals surface area contributed by atoms with Gasteiger partial charge in [0.15, 0.2) is 0 Å². The molecule has 1 N–H and O–H groups in total. The third-order valence-corrected chi connectivity index (χ3v) is 4.22. The molecule has 0 aliphatic heterocycles. The van der Waals surface area contributed by atoms with E-state index in [2.05, 4.69) is 4.72 Å². The number of carbonyl (C=O) groups excluding carboxylic acids is 1. The molecule has 1 aromatic rings. The van der Waals surface area contributed by atoms with Crippen molar-refractivity contribution < 1.29 is 4.79 Å². The van der Waals surface area contributed by atoms with E-state index in [1.807, 2.05) is 25.1 Å². The van der Waals surface area contributed by atoms with E-state index in [9.17, 15) is 4.79 Å². The zero-order valence-corrected chi connectivity index (χ0v) is 9.99. The van der Waals surface area contributed by atoms with Crippen LogP contribution in [0.1, 0.15) is 18.4 Å². The van der Waals surface area contributed by atoms with E-state index >= 15 is 0 Å². The third-order valence-electron chi connectivity index (χ3n) is 2.53. The Morgan fingerprint density at radius 2 is 2.27 bits per heavy atom. The summed E-state index contributed by atoms with van der Waals surface area (Å²) in [5.41, 5.74) is 0.831. The van der Waals surface area contributed by atoms with Gasteiger partial charge in [-0.25, -0.2) is 4.72 Å². The van der Waals surface area contributed by atoms with E-state index in [-0.39, 0.29) is 5.54 Å². The molecule has 0 radical (unpaired) electrons. The average molecular weight is 242 g/mol. The van der Waals surface area contributed by atoms with Gasteiger partial charge in [0.2, 0.25) is 0 Å². The van der Waals surface area contributed by atoms with E-state index in [1.165, 1.54) is 11.9 Å². The zero-order valence-electron chi connectivity index (χ0n) is 8.42. The lowest BCUT2D eigenvalue weighted by molar-refractivity contribution is -0.109. The Kier molecular flexibility index (Phi) is 3.05. The molecule has 0 amide bonds. The van der Waals surface area contributed by atoms with Gasteiger partial charge in [-0.3, -0.25) is 0 Å². The maximum absolute atomic E-state index is 10.8. The SMILES string of the molecule is Cc1cccc(Cl)c1SNC1(C=O)CC1. The Bertz CT molecular complexity index is 370. The molecule has 2 nitrogen and oxygen atoms in total. The van der Waals surface area contributed by atoms with E-state index < -0.39 is 0 Å². The van der Waals surface area contributed by atoms with Crippen molar-refractivity contribution in [3.8, 4) is 0 Å². The van der Waals surface area contributed by atoms with Crippen LogP contribution in [0.15, 0.2) is 23.1 Å². The number of rotatable bonds is 4. The molecule has 1 saturated carbocycles. The summed E-state index contributed by atoms with van der Waals surface area (Å²) in [5, 5.41) is 0.731. The molecule has 4 heteroatoms. The van der Waals surface area contributed by atoms with Gasteiger partial charge in [-0.05, 0) is 43.3 Å². The van der Waals surface area contributed by atoms with Gasteiger partial charge in [-0.15, -0.1) is 0 Å². The van der Waals surface area contributed by atoms with Crippen molar-refractivity contribution in [1.29, 1.82) is 0 Å². The van der Waals surface area contributed by atoms with E-state index in [1.54, 1.807) is 0 Å². The van der Waals surface area contributed by atoms with Crippen molar-refractivity contribution >= 4 is 29.8 Å². The number of hydrogen-bond acceptors (Lipinski definition) is 3. The first-order valence-corrected chi connectivity index (χ1v) is 6.02. The number of halogens is 1. The second-order valence-corrected chi connectivity index (χ2v) is 5.09.